The molecule has 1 aromatic rings. The summed E-state index contributed by atoms with van der Waals surface area (Å²) in [5.41, 5.74) is 0. The summed E-state index contributed by atoms with van der Waals surface area (Å²) < 4.78 is 2.00. The van der Waals surface area contributed by atoms with Crippen LogP contribution in [0.1, 0.15) is 32.6 Å². The van der Waals surface area contributed by atoms with Crippen LogP contribution in [0.5, 0.6) is 0 Å². The van der Waals surface area contributed by atoms with Gasteiger partial charge in [-0.3, -0.25) is 0 Å². The van der Waals surface area contributed by atoms with Crippen molar-refractivity contribution in [2.75, 3.05) is 11.9 Å². The van der Waals surface area contributed by atoms with E-state index in [1.165, 1.54) is 25.7 Å². The largest absolute Gasteiger partial charge is 0.369 e. The second-order valence-corrected chi connectivity index (χ2v) is 5.24. The highest BCUT2D eigenvalue weighted by Crippen LogP contribution is 2.23. The maximum absolute atomic E-state index is 4.29. The lowest BCUT2D eigenvalue weighted by Gasteiger charge is -2.07. The van der Waals surface area contributed by atoms with Crippen molar-refractivity contribution in [1.82, 2.24) is 4.98 Å². The lowest BCUT2D eigenvalue weighted by Crippen LogP contribution is -2.03. The SMILES string of the molecule is CCCCCCNc1ncc(Br)cc1Br. The van der Waals surface area contributed by atoms with Gasteiger partial charge >= 0.3 is 0 Å². The van der Waals surface area contributed by atoms with Crippen molar-refractivity contribution < 1.29 is 0 Å². The lowest BCUT2D eigenvalue weighted by atomic mass is 10.2. The van der Waals surface area contributed by atoms with Gasteiger partial charge in [0.25, 0.3) is 0 Å². The van der Waals surface area contributed by atoms with Crippen molar-refractivity contribution >= 4 is 37.7 Å². The van der Waals surface area contributed by atoms with Gasteiger partial charge in [-0.05, 0) is 44.3 Å². The molecule has 0 aliphatic heterocycles. The van der Waals surface area contributed by atoms with Crippen molar-refractivity contribution in [1.29, 1.82) is 0 Å². The van der Waals surface area contributed by atoms with Crippen molar-refractivity contribution in [2.24, 2.45) is 0 Å². The molecule has 84 valence electrons. The van der Waals surface area contributed by atoms with E-state index in [1.54, 1.807) is 6.20 Å². The minimum atomic E-state index is 0.926. The van der Waals surface area contributed by atoms with Crippen LogP contribution in [0.25, 0.3) is 0 Å². The first-order chi connectivity index (χ1) is 7.24. The van der Waals surface area contributed by atoms with Crippen LogP contribution in [0.2, 0.25) is 0 Å². The highest BCUT2D eigenvalue weighted by molar-refractivity contribution is 9.11. The number of nitrogens with one attached hydrogen (secondary N) is 1. The molecule has 0 spiro atoms. The maximum atomic E-state index is 4.29. The van der Waals surface area contributed by atoms with Crippen LogP contribution < -0.4 is 5.32 Å². The molecule has 0 aliphatic rings. The summed E-state index contributed by atoms with van der Waals surface area (Å²) in [5.74, 6) is 0.926. The molecule has 15 heavy (non-hydrogen) atoms. The minimum Gasteiger partial charge on any atom is -0.369 e. The Kier molecular flexibility index (Phi) is 6.25. The first-order valence-electron chi connectivity index (χ1n) is 5.29. The monoisotopic (exact) mass is 334 g/mol. The lowest BCUT2D eigenvalue weighted by molar-refractivity contribution is 0.684. The highest BCUT2D eigenvalue weighted by Gasteiger charge is 2.00. The summed E-state index contributed by atoms with van der Waals surface area (Å²) >= 11 is 6.85. The van der Waals surface area contributed by atoms with Gasteiger partial charge in [-0.1, -0.05) is 26.2 Å². The molecule has 0 fully saturated rings. The Morgan fingerprint density at radius 2 is 2.07 bits per heavy atom. The van der Waals surface area contributed by atoms with Crippen LogP contribution in [0.3, 0.4) is 0 Å². The molecule has 0 saturated carbocycles. The maximum Gasteiger partial charge on any atom is 0.140 e. The zero-order chi connectivity index (χ0) is 11.1. The molecule has 1 heterocycles. The molecule has 0 radical (unpaired) electrons. The molecule has 0 unspecified atom stereocenters. The molecule has 2 nitrogen and oxygen atoms in total. The molecule has 0 aliphatic carbocycles. The summed E-state index contributed by atoms with van der Waals surface area (Å²) in [4.78, 5) is 4.29. The first-order valence-corrected chi connectivity index (χ1v) is 6.87. The Hall–Kier alpha value is -0.0900. The molecule has 4 heteroatoms. The Balaban J connectivity index is 2.31. The van der Waals surface area contributed by atoms with Gasteiger partial charge in [0, 0.05) is 17.2 Å². The van der Waals surface area contributed by atoms with Crippen molar-refractivity contribution in [2.45, 2.75) is 32.6 Å². The van der Waals surface area contributed by atoms with Gasteiger partial charge < -0.3 is 5.32 Å². The molecule has 0 atom stereocenters. The van der Waals surface area contributed by atoms with E-state index < -0.39 is 0 Å². The van der Waals surface area contributed by atoms with Crippen molar-refractivity contribution in [3.8, 4) is 0 Å². The van der Waals surface area contributed by atoms with E-state index in [-0.39, 0.29) is 0 Å². The fraction of sp³-hybridized carbons (Fsp3) is 0.545. The minimum absolute atomic E-state index is 0.926. The quantitative estimate of drug-likeness (QED) is 0.768. The Labute approximate surface area is 108 Å². The Morgan fingerprint density at radius 3 is 2.73 bits per heavy atom. The van der Waals surface area contributed by atoms with Crippen LogP contribution in [0, 0.1) is 0 Å². The molecular formula is C11H16Br2N2. The number of pyridine rings is 1. The van der Waals surface area contributed by atoms with E-state index in [4.69, 9.17) is 0 Å². The highest BCUT2D eigenvalue weighted by atomic mass is 79.9. The molecule has 0 aromatic carbocycles. The van der Waals surface area contributed by atoms with Crippen LogP contribution in [0.4, 0.5) is 5.82 Å². The number of hydrogen-bond acceptors (Lipinski definition) is 2. The average Bonchev–Trinajstić information content (AvgIpc) is 2.20. The first kappa shape index (κ1) is 13.0. The Morgan fingerprint density at radius 1 is 1.27 bits per heavy atom. The van der Waals surface area contributed by atoms with E-state index >= 15 is 0 Å². The van der Waals surface area contributed by atoms with Gasteiger partial charge in [-0.2, -0.15) is 0 Å². The number of anilines is 1. The van der Waals surface area contributed by atoms with Crippen LogP contribution in [-0.4, -0.2) is 11.5 Å². The van der Waals surface area contributed by atoms with Gasteiger partial charge in [0.05, 0.1) is 4.47 Å². The van der Waals surface area contributed by atoms with Crippen LogP contribution in [-0.2, 0) is 0 Å². The predicted molar refractivity (Wildman–Crippen MR) is 72.3 cm³/mol. The molecule has 0 bridgehead atoms. The van der Waals surface area contributed by atoms with Gasteiger partial charge in [-0.25, -0.2) is 4.98 Å². The number of unbranched alkanes of at least 4 members (excludes halogenated alkanes) is 3. The van der Waals surface area contributed by atoms with E-state index in [2.05, 4.69) is 49.1 Å². The topological polar surface area (TPSA) is 24.9 Å². The molecule has 1 aromatic heterocycles. The average molecular weight is 336 g/mol. The number of nitrogens with zero attached hydrogens (tertiary/aromatic N) is 1. The van der Waals surface area contributed by atoms with Gasteiger partial charge in [0.2, 0.25) is 0 Å². The second-order valence-electron chi connectivity index (χ2n) is 3.47. The van der Waals surface area contributed by atoms with Gasteiger partial charge in [0.15, 0.2) is 0 Å². The van der Waals surface area contributed by atoms with Crippen LogP contribution >= 0.6 is 31.9 Å². The third kappa shape index (κ3) is 4.98. The normalized spacial score (nSPS) is 10.3. The van der Waals surface area contributed by atoms with Crippen molar-refractivity contribution in [3.63, 3.8) is 0 Å². The van der Waals surface area contributed by atoms with Crippen molar-refractivity contribution in [3.05, 3.63) is 21.2 Å². The van der Waals surface area contributed by atoms with Gasteiger partial charge in [0.1, 0.15) is 5.82 Å². The number of hydrogen-bond donors (Lipinski definition) is 1. The fourth-order valence-electron chi connectivity index (χ4n) is 1.30. The third-order valence-electron chi connectivity index (χ3n) is 2.13. The third-order valence-corrected chi connectivity index (χ3v) is 3.17. The summed E-state index contributed by atoms with van der Waals surface area (Å²) in [5, 5.41) is 3.32. The fourth-order valence-corrected chi connectivity index (χ4v) is 2.43. The zero-order valence-corrected chi connectivity index (χ0v) is 12.1. The second kappa shape index (κ2) is 7.23. The molecular weight excluding hydrogens is 320 g/mol. The molecule has 1 N–H and O–H groups in total. The zero-order valence-electron chi connectivity index (χ0n) is 8.89. The Bertz CT molecular complexity index is 303. The summed E-state index contributed by atoms with van der Waals surface area (Å²) in [6.45, 7) is 3.22. The number of aromatic nitrogens is 1. The molecule has 0 saturated heterocycles. The van der Waals surface area contributed by atoms with E-state index in [1.807, 2.05) is 6.07 Å². The smallest absolute Gasteiger partial charge is 0.140 e. The standard InChI is InChI=1S/C11H16Br2N2/c1-2-3-4-5-6-14-11-10(13)7-9(12)8-15-11/h7-8H,2-6H2,1H3,(H,14,15). The van der Waals surface area contributed by atoms with E-state index in [0.717, 1.165) is 21.3 Å². The molecule has 1 rings (SSSR count). The van der Waals surface area contributed by atoms with E-state index in [0.29, 0.717) is 0 Å². The molecule has 0 amide bonds. The van der Waals surface area contributed by atoms with Crippen LogP contribution in [0.15, 0.2) is 21.2 Å². The number of halogens is 2. The summed E-state index contributed by atoms with van der Waals surface area (Å²) in [6.07, 6.45) is 6.89. The number of rotatable bonds is 6. The van der Waals surface area contributed by atoms with E-state index in [9.17, 15) is 0 Å². The summed E-state index contributed by atoms with van der Waals surface area (Å²) in [6, 6.07) is 2.00. The van der Waals surface area contributed by atoms with Gasteiger partial charge in [-0.15, -0.1) is 0 Å². The summed E-state index contributed by atoms with van der Waals surface area (Å²) in [7, 11) is 0. The predicted octanol–water partition coefficient (Wildman–Crippen LogP) is 4.60.